The molecule has 0 atom stereocenters. The van der Waals surface area contributed by atoms with Crippen LogP contribution in [0.5, 0.6) is 0 Å². The van der Waals surface area contributed by atoms with E-state index in [1.807, 2.05) is 5.92 Å². The number of halogens is 2. The quantitative estimate of drug-likeness (QED) is 0.522. The number of carbonyl (C=O) groups is 1. The first-order valence-corrected chi connectivity index (χ1v) is 4.28. The summed E-state index contributed by atoms with van der Waals surface area (Å²) in [5.41, 5.74) is -0.425. The lowest BCUT2D eigenvalue weighted by Crippen LogP contribution is -2.00. The molecule has 0 N–H and O–H groups in total. The van der Waals surface area contributed by atoms with Crippen LogP contribution in [0.2, 0.25) is 0 Å². The second-order valence-electron chi connectivity index (χ2n) is 2.57. The van der Waals surface area contributed by atoms with Gasteiger partial charge >= 0.3 is 5.97 Å². The van der Waals surface area contributed by atoms with Crippen molar-refractivity contribution in [2.75, 3.05) is 6.61 Å². The molecule has 0 fully saturated rings. The maximum atomic E-state index is 13.0. The Labute approximate surface area is 85.9 Å². The highest BCUT2D eigenvalue weighted by Crippen LogP contribution is 2.09. The number of rotatable bonds is 1. The summed E-state index contributed by atoms with van der Waals surface area (Å²) in [6.45, 7) is 1.79. The van der Waals surface area contributed by atoms with E-state index in [4.69, 9.17) is 0 Å². The third-order valence-electron chi connectivity index (χ3n) is 1.53. The number of carbonyl (C=O) groups excluding carboxylic acids is 1. The van der Waals surface area contributed by atoms with E-state index in [2.05, 4.69) is 10.7 Å². The van der Waals surface area contributed by atoms with Crippen molar-refractivity contribution in [1.29, 1.82) is 0 Å². The van der Waals surface area contributed by atoms with Crippen molar-refractivity contribution >= 4 is 5.97 Å². The Balaban J connectivity index is 2.93. The van der Waals surface area contributed by atoms with E-state index in [0.29, 0.717) is 0 Å². The summed E-state index contributed by atoms with van der Waals surface area (Å²) in [6.07, 6.45) is 0. The molecule has 0 aliphatic carbocycles. The van der Waals surface area contributed by atoms with Crippen molar-refractivity contribution in [2.24, 2.45) is 0 Å². The van der Waals surface area contributed by atoms with Crippen molar-refractivity contribution in [3.63, 3.8) is 0 Å². The van der Waals surface area contributed by atoms with E-state index >= 15 is 0 Å². The normalized spacial score (nSPS) is 9.00. The highest BCUT2D eigenvalue weighted by atomic mass is 19.1. The summed E-state index contributed by atoms with van der Waals surface area (Å²) < 4.78 is 30.5. The molecular weight excluding hydrogens is 202 g/mol. The maximum absolute atomic E-state index is 13.0. The molecule has 1 rings (SSSR count). The maximum Gasteiger partial charge on any atom is 0.384 e. The van der Waals surface area contributed by atoms with Gasteiger partial charge in [-0.15, -0.1) is 0 Å². The van der Waals surface area contributed by atoms with Crippen LogP contribution in [0, 0.1) is 23.5 Å². The third kappa shape index (κ3) is 3.06. The minimum Gasteiger partial charge on any atom is -0.456 e. The lowest BCUT2D eigenvalue weighted by atomic mass is 10.2. The standard InChI is InChI=1S/C11H8F2O2/c1-2-15-11(14)7-6-8-9(12)4-3-5-10(8)13/h3-5H,2H2,1H3. The van der Waals surface area contributed by atoms with Gasteiger partial charge in [0.2, 0.25) is 0 Å². The zero-order chi connectivity index (χ0) is 11.3. The van der Waals surface area contributed by atoms with Gasteiger partial charge in [0.25, 0.3) is 0 Å². The number of ether oxygens (including phenoxy) is 1. The van der Waals surface area contributed by atoms with E-state index in [1.54, 1.807) is 6.92 Å². The molecule has 0 aliphatic rings. The van der Waals surface area contributed by atoms with Gasteiger partial charge < -0.3 is 4.74 Å². The Kier molecular flexibility index (Phi) is 3.81. The summed E-state index contributed by atoms with van der Waals surface area (Å²) in [7, 11) is 0. The van der Waals surface area contributed by atoms with E-state index in [1.165, 1.54) is 6.07 Å². The summed E-state index contributed by atoms with van der Waals surface area (Å²) in [6, 6.07) is 3.36. The van der Waals surface area contributed by atoms with Gasteiger partial charge in [-0.3, -0.25) is 0 Å². The second-order valence-corrected chi connectivity index (χ2v) is 2.57. The predicted molar refractivity (Wildman–Crippen MR) is 49.9 cm³/mol. The van der Waals surface area contributed by atoms with Crippen LogP contribution in [-0.4, -0.2) is 12.6 Å². The molecule has 78 valence electrons. The van der Waals surface area contributed by atoms with Crippen LogP contribution in [0.15, 0.2) is 18.2 Å². The molecule has 1 aromatic rings. The molecule has 0 saturated carbocycles. The minimum absolute atomic E-state index is 0.174. The van der Waals surface area contributed by atoms with Gasteiger partial charge in [-0.2, -0.15) is 0 Å². The highest BCUT2D eigenvalue weighted by Gasteiger charge is 2.05. The van der Waals surface area contributed by atoms with Crippen molar-refractivity contribution in [3.05, 3.63) is 35.4 Å². The first-order chi connectivity index (χ1) is 7.15. The Morgan fingerprint density at radius 3 is 2.53 bits per heavy atom. The highest BCUT2D eigenvalue weighted by molar-refractivity contribution is 5.89. The van der Waals surface area contributed by atoms with Gasteiger partial charge in [-0.25, -0.2) is 13.6 Å². The van der Waals surface area contributed by atoms with E-state index in [9.17, 15) is 13.6 Å². The monoisotopic (exact) mass is 210 g/mol. The molecule has 1 aromatic carbocycles. The third-order valence-corrected chi connectivity index (χ3v) is 1.53. The molecule has 0 amide bonds. The van der Waals surface area contributed by atoms with Crippen LogP contribution >= 0.6 is 0 Å². The Morgan fingerprint density at radius 2 is 2.00 bits per heavy atom. The molecule has 15 heavy (non-hydrogen) atoms. The van der Waals surface area contributed by atoms with Crippen LogP contribution in [0.4, 0.5) is 8.78 Å². The van der Waals surface area contributed by atoms with Crippen LogP contribution < -0.4 is 0 Å². The molecule has 0 heterocycles. The molecular formula is C11H8F2O2. The fourth-order valence-corrected chi connectivity index (χ4v) is 0.898. The molecule has 0 spiro atoms. The zero-order valence-corrected chi connectivity index (χ0v) is 8.01. The van der Waals surface area contributed by atoms with Crippen molar-refractivity contribution in [1.82, 2.24) is 0 Å². The summed E-state index contributed by atoms with van der Waals surface area (Å²) in [5.74, 6) is 1.68. The second kappa shape index (κ2) is 5.11. The summed E-state index contributed by atoms with van der Waals surface area (Å²) >= 11 is 0. The fourth-order valence-electron chi connectivity index (χ4n) is 0.898. The molecule has 0 radical (unpaired) electrons. The van der Waals surface area contributed by atoms with Crippen LogP contribution in [0.1, 0.15) is 12.5 Å². The topological polar surface area (TPSA) is 26.3 Å². The average molecular weight is 210 g/mol. The number of hydrogen-bond acceptors (Lipinski definition) is 2. The van der Waals surface area contributed by atoms with Crippen molar-refractivity contribution < 1.29 is 18.3 Å². The first kappa shape index (κ1) is 11.2. The fraction of sp³-hybridized carbons (Fsp3) is 0.182. The van der Waals surface area contributed by atoms with Gasteiger partial charge in [0, 0.05) is 5.92 Å². The Hall–Kier alpha value is -1.89. The van der Waals surface area contributed by atoms with Crippen LogP contribution in [0.3, 0.4) is 0 Å². The summed E-state index contributed by atoms with van der Waals surface area (Å²) in [5, 5.41) is 0. The zero-order valence-electron chi connectivity index (χ0n) is 8.01. The Morgan fingerprint density at radius 1 is 1.40 bits per heavy atom. The van der Waals surface area contributed by atoms with Crippen molar-refractivity contribution in [2.45, 2.75) is 6.92 Å². The first-order valence-electron chi connectivity index (χ1n) is 4.28. The predicted octanol–water partition coefficient (Wildman–Crippen LogP) is 1.88. The largest absolute Gasteiger partial charge is 0.456 e. The number of esters is 1. The van der Waals surface area contributed by atoms with Gasteiger partial charge in [0.1, 0.15) is 11.6 Å². The average Bonchev–Trinajstić information content (AvgIpc) is 2.17. The van der Waals surface area contributed by atoms with Gasteiger partial charge in [-0.1, -0.05) is 6.07 Å². The van der Waals surface area contributed by atoms with Crippen molar-refractivity contribution in [3.8, 4) is 11.8 Å². The molecule has 2 nitrogen and oxygen atoms in total. The number of benzene rings is 1. The minimum atomic E-state index is -0.805. The molecule has 0 aromatic heterocycles. The lowest BCUT2D eigenvalue weighted by molar-refractivity contribution is -0.136. The smallest absolute Gasteiger partial charge is 0.384 e. The lowest BCUT2D eigenvalue weighted by Gasteiger charge is -1.95. The van der Waals surface area contributed by atoms with E-state index in [0.717, 1.165) is 12.1 Å². The van der Waals surface area contributed by atoms with Gasteiger partial charge in [-0.05, 0) is 25.0 Å². The Bertz CT molecular complexity index is 410. The van der Waals surface area contributed by atoms with E-state index in [-0.39, 0.29) is 6.61 Å². The number of hydrogen-bond donors (Lipinski definition) is 0. The van der Waals surface area contributed by atoms with Gasteiger partial charge in [0.05, 0.1) is 12.2 Å². The molecule has 0 aliphatic heterocycles. The molecule has 0 unspecified atom stereocenters. The molecule has 0 bridgehead atoms. The van der Waals surface area contributed by atoms with E-state index < -0.39 is 23.2 Å². The summed E-state index contributed by atoms with van der Waals surface area (Å²) in [4.78, 5) is 10.8. The molecule has 4 heteroatoms. The van der Waals surface area contributed by atoms with Crippen LogP contribution in [-0.2, 0) is 9.53 Å². The SMILES string of the molecule is CCOC(=O)C#Cc1c(F)cccc1F. The van der Waals surface area contributed by atoms with Gasteiger partial charge in [0.15, 0.2) is 0 Å². The van der Waals surface area contributed by atoms with Crippen LogP contribution in [0.25, 0.3) is 0 Å². The molecule has 0 saturated heterocycles.